The van der Waals surface area contributed by atoms with Crippen LogP contribution < -0.4 is 4.57 Å². The van der Waals surface area contributed by atoms with Gasteiger partial charge in [0, 0.05) is 21.3 Å². The molecular weight excluding hydrogens is 470 g/mol. The van der Waals surface area contributed by atoms with Crippen LogP contribution in [0.25, 0.3) is 44.6 Å². The quantitative estimate of drug-likeness (QED) is 0.199. The Morgan fingerprint density at radius 2 is 1.18 bits per heavy atom. The molecule has 0 saturated carbocycles. The lowest BCUT2D eigenvalue weighted by Crippen LogP contribution is -2.31. The molecule has 4 aromatic carbocycles. The summed E-state index contributed by atoms with van der Waals surface area (Å²) in [7, 11) is 2.07. The molecule has 5 aromatic rings. The van der Waals surface area contributed by atoms with Gasteiger partial charge in [-0.3, -0.25) is 0 Å². The summed E-state index contributed by atoms with van der Waals surface area (Å²) < 4.78 is 25.5. The van der Waals surface area contributed by atoms with Crippen molar-refractivity contribution in [3.05, 3.63) is 126 Å². The molecule has 1 heterocycles. The van der Waals surface area contributed by atoms with Crippen LogP contribution >= 0.6 is 0 Å². The first-order valence-corrected chi connectivity index (χ1v) is 13.9. The largest absolute Gasteiger partial charge is 0.212 e. The zero-order valence-electron chi connectivity index (χ0n) is 26.9. The number of hydrogen-bond donors (Lipinski definition) is 0. The highest BCUT2D eigenvalue weighted by Gasteiger charge is 2.21. The first-order valence-electron chi connectivity index (χ1n) is 15.4. The van der Waals surface area contributed by atoms with Crippen LogP contribution in [-0.4, -0.2) is 0 Å². The first-order chi connectivity index (χ1) is 19.9. The zero-order valence-corrected chi connectivity index (χ0v) is 23.9. The van der Waals surface area contributed by atoms with Crippen molar-refractivity contribution < 1.29 is 8.68 Å². The van der Waals surface area contributed by atoms with Gasteiger partial charge in [-0.2, -0.15) is 0 Å². The van der Waals surface area contributed by atoms with E-state index in [1.807, 2.05) is 19.1 Å². The van der Waals surface area contributed by atoms with Crippen LogP contribution in [0.3, 0.4) is 0 Å². The number of nitrogens with zero attached hydrogens (tertiary/aromatic N) is 1. The van der Waals surface area contributed by atoms with E-state index in [2.05, 4.69) is 118 Å². The Bertz CT molecular complexity index is 1680. The molecule has 0 amide bonds. The van der Waals surface area contributed by atoms with Gasteiger partial charge in [-0.25, -0.2) is 4.57 Å². The van der Waals surface area contributed by atoms with Crippen LogP contribution in [-0.2, 0) is 7.05 Å². The summed E-state index contributed by atoms with van der Waals surface area (Å²) in [4.78, 5) is 0. The van der Waals surface area contributed by atoms with Crippen LogP contribution in [0, 0.1) is 13.8 Å². The zero-order chi connectivity index (χ0) is 30.2. The summed E-state index contributed by atoms with van der Waals surface area (Å²) in [6.45, 7) is 8.97. The Kier molecular flexibility index (Phi) is 6.49. The van der Waals surface area contributed by atoms with Crippen molar-refractivity contribution in [2.24, 2.45) is 7.05 Å². The molecule has 0 aliphatic carbocycles. The highest BCUT2D eigenvalue weighted by molar-refractivity contribution is 5.79. The van der Waals surface area contributed by atoms with E-state index in [9.17, 15) is 0 Å². The third-order valence-electron chi connectivity index (χ3n) is 7.69. The summed E-state index contributed by atoms with van der Waals surface area (Å²) in [6.07, 6.45) is 2.22. The first kappa shape index (κ1) is 23.0. The third kappa shape index (κ3) is 5.45. The molecule has 39 heavy (non-hydrogen) atoms. The smallest absolute Gasteiger partial charge is 0.200 e. The van der Waals surface area contributed by atoms with E-state index in [4.69, 9.17) is 4.11 Å². The van der Waals surface area contributed by atoms with E-state index in [1.165, 1.54) is 44.5 Å². The Morgan fingerprint density at radius 1 is 0.615 bits per heavy atom. The summed E-state index contributed by atoms with van der Waals surface area (Å²) in [5.74, 6) is 0.696. The second kappa shape index (κ2) is 11.0. The van der Waals surface area contributed by atoms with Gasteiger partial charge in [0.1, 0.15) is 7.05 Å². The molecule has 0 saturated heterocycles. The van der Waals surface area contributed by atoms with Crippen LogP contribution in [0.1, 0.15) is 65.9 Å². The van der Waals surface area contributed by atoms with Crippen molar-refractivity contribution >= 4 is 0 Å². The summed E-state index contributed by atoms with van der Waals surface area (Å²) in [5, 5.41) is 0. The lowest BCUT2D eigenvalue weighted by molar-refractivity contribution is -0.659. The van der Waals surface area contributed by atoms with Gasteiger partial charge in [-0.05, 0) is 82.3 Å². The van der Waals surface area contributed by atoms with Crippen LogP contribution in [0.5, 0.6) is 0 Å². The van der Waals surface area contributed by atoms with Crippen LogP contribution in [0.2, 0.25) is 0 Å². The standard InChI is InChI=1S/C38H40N/c1-25(2)35-22-33(31-16-14-30(15-17-31)29-11-9-8-10-12-29)23-36(26(3)4)38(35)32-18-20-37(39(7)24-32)34-19-13-27(5)21-28(34)6/h8-26H,1-7H3/q+1/i5D3. The molecule has 0 fully saturated rings. The third-order valence-corrected chi connectivity index (χ3v) is 7.69. The maximum atomic E-state index is 7.76. The van der Waals surface area contributed by atoms with Gasteiger partial charge in [0.05, 0.1) is 0 Å². The fraction of sp³-hybridized carbons (Fsp3) is 0.237. The highest BCUT2D eigenvalue weighted by atomic mass is 14.9. The summed E-state index contributed by atoms with van der Waals surface area (Å²) in [5.41, 5.74) is 13.5. The van der Waals surface area contributed by atoms with E-state index in [0.29, 0.717) is 17.4 Å². The second-order valence-corrected chi connectivity index (χ2v) is 11.2. The van der Waals surface area contributed by atoms with Crippen molar-refractivity contribution in [1.82, 2.24) is 0 Å². The van der Waals surface area contributed by atoms with Crippen LogP contribution in [0.4, 0.5) is 0 Å². The number of pyridine rings is 1. The molecule has 5 rings (SSSR count). The average molecular weight is 514 g/mol. The van der Waals surface area contributed by atoms with Gasteiger partial charge in [-0.1, -0.05) is 112 Å². The molecule has 196 valence electrons. The van der Waals surface area contributed by atoms with Gasteiger partial charge >= 0.3 is 0 Å². The maximum absolute atomic E-state index is 7.76. The molecule has 1 nitrogen and oxygen atoms in total. The van der Waals surface area contributed by atoms with Crippen molar-refractivity contribution in [2.45, 2.75) is 53.3 Å². The molecule has 0 aliphatic rings. The van der Waals surface area contributed by atoms with Crippen molar-refractivity contribution in [2.75, 3.05) is 0 Å². The Labute approximate surface area is 239 Å². The predicted molar refractivity (Wildman–Crippen MR) is 167 cm³/mol. The van der Waals surface area contributed by atoms with E-state index < -0.39 is 6.85 Å². The van der Waals surface area contributed by atoms with E-state index in [1.54, 1.807) is 12.1 Å². The molecule has 1 aromatic heterocycles. The van der Waals surface area contributed by atoms with Gasteiger partial charge in [0.25, 0.3) is 0 Å². The van der Waals surface area contributed by atoms with E-state index in [0.717, 1.165) is 16.8 Å². The molecule has 1 heteroatoms. The fourth-order valence-electron chi connectivity index (χ4n) is 5.57. The topological polar surface area (TPSA) is 3.88 Å². The van der Waals surface area contributed by atoms with Crippen molar-refractivity contribution in [3.8, 4) is 44.6 Å². The molecule has 0 bridgehead atoms. The normalized spacial score (nSPS) is 12.9. The Morgan fingerprint density at radius 3 is 1.72 bits per heavy atom. The number of aromatic nitrogens is 1. The summed E-state index contributed by atoms with van der Waals surface area (Å²) in [6, 6.07) is 34.0. The lowest BCUT2D eigenvalue weighted by atomic mass is 9.82. The Balaban J connectivity index is 1.58. The fourth-order valence-corrected chi connectivity index (χ4v) is 5.57. The van der Waals surface area contributed by atoms with Crippen LogP contribution in [0.15, 0.2) is 103 Å². The predicted octanol–water partition coefficient (Wildman–Crippen LogP) is 10.0. The molecular formula is C38H40N+. The number of benzene rings is 4. The number of rotatable bonds is 6. The molecule has 0 atom stereocenters. The van der Waals surface area contributed by atoms with Crippen molar-refractivity contribution in [3.63, 3.8) is 0 Å². The molecule has 0 aliphatic heterocycles. The lowest BCUT2D eigenvalue weighted by Gasteiger charge is -2.22. The van der Waals surface area contributed by atoms with E-state index in [-0.39, 0.29) is 0 Å². The minimum absolute atomic E-state index is 0.348. The minimum atomic E-state index is -2.11. The molecule has 0 N–H and O–H groups in total. The van der Waals surface area contributed by atoms with Gasteiger partial charge in [0.2, 0.25) is 5.69 Å². The highest BCUT2D eigenvalue weighted by Crippen LogP contribution is 2.40. The number of aryl methyl sites for hydroxylation is 3. The summed E-state index contributed by atoms with van der Waals surface area (Å²) >= 11 is 0. The SMILES string of the molecule is [2H]C([2H])([2H])c1ccc(-c2ccc(-c3c(C(C)C)cc(-c4ccc(-c5ccccc5)cc4)cc3C(C)C)c[n+]2C)c(C)c1. The minimum Gasteiger partial charge on any atom is -0.200 e. The average Bonchev–Trinajstić information content (AvgIpc) is 2.96. The second-order valence-electron chi connectivity index (χ2n) is 11.2. The van der Waals surface area contributed by atoms with Gasteiger partial charge in [-0.15, -0.1) is 0 Å². The van der Waals surface area contributed by atoms with Gasteiger partial charge in [0.15, 0.2) is 6.20 Å². The molecule has 0 radical (unpaired) electrons. The van der Waals surface area contributed by atoms with E-state index >= 15 is 0 Å². The monoisotopic (exact) mass is 513 g/mol. The number of hydrogen-bond acceptors (Lipinski definition) is 0. The molecule has 0 spiro atoms. The maximum Gasteiger partial charge on any atom is 0.212 e. The van der Waals surface area contributed by atoms with Crippen molar-refractivity contribution in [1.29, 1.82) is 0 Å². The molecule has 0 unspecified atom stereocenters. The Hall–Kier alpha value is -3.97. The van der Waals surface area contributed by atoms with Gasteiger partial charge < -0.3 is 0 Å².